The molecule has 1 aromatic heterocycles. The fourth-order valence-electron chi connectivity index (χ4n) is 3.15. The van der Waals surface area contributed by atoms with Crippen LogP contribution in [0.5, 0.6) is 0 Å². The van der Waals surface area contributed by atoms with Gasteiger partial charge in [0.15, 0.2) is 0 Å². The number of carbonyl (C=O) groups is 1. The summed E-state index contributed by atoms with van der Waals surface area (Å²) in [7, 11) is 0. The van der Waals surface area contributed by atoms with Crippen LogP contribution in [0.2, 0.25) is 0 Å². The molecule has 1 aliphatic rings. The lowest BCUT2D eigenvalue weighted by Gasteiger charge is -2.09. The number of hydrogen-bond acceptors (Lipinski definition) is 2. The van der Waals surface area contributed by atoms with Crippen LogP contribution >= 0.6 is 0 Å². The smallest absolute Gasteiger partial charge is 0.256 e. The Morgan fingerprint density at radius 1 is 1.15 bits per heavy atom. The predicted octanol–water partition coefficient (Wildman–Crippen LogP) is 4.57. The summed E-state index contributed by atoms with van der Waals surface area (Å²) in [6.07, 6.45) is 3.65. The number of aromatic amines is 1. The Bertz CT molecular complexity index is 986. The lowest BCUT2D eigenvalue weighted by molar-refractivity contribution is -0.110. The van der Waals surface area contributed by atoms with E-state index < -0.39 is 0 Å². The van der Waals surface area contributed by atoms with Gasteiger partial charge in [0.2, 0.25) is 0 Å². The fourth-order valence-corrected chi connectivity index (χ4v) is 3.15. The molecule has 2 heterocycles. The second kappa shape index (κ2) is 6.52. The van der Waals surface area contributed by atoms with E-state index in [0.29, 0.717) is 12.1 Å². The molecule has 1 aliphatic heterocycles. The highest BCUT2D eigenvalue weighted by molar-refractivity contribution is 6.35. The van der Waals surface area contributed by atoms with Crippen molar-refractivity contribution in [3.05, 3.63) is 82.9 Å². The summed E-state index contributed by atoms with van der Waals surface area (Å²) >= 11 is 0. The number of carbonyl (C=O) groups excluding carboxylic acids is 1. The second-order valence-corrected chi connectivity index (χ2v) is 6.39. The number of amides is 1. The van der Waals surface area contributed by atoms with Gasteiger partial charge in [-0.2, -0.15) is 0 Å². The Morgan fingerprint density at radius 3 is 2.81 bits per heavy atom. The molecule has 0 bridgehead atoms. The molecule has 130 valence electrons. The highest BCUT2D eigenvalue weighted by Gasteiger charge is 2.24. The van der Waals surface area contributed by atoms with Crippen molar-refractivity contribution in [3.63, 3.8) is 0 Å². The van der Waals surface area contributed by atoms with E-state index in [-0.39, 0.29) is 11.7 Å². The molecule has 0 unspecified atom stereocenters. The molecule has 0 aliphatic carbocycles. The summed E-state index contributed by atoms with van der Waals surface area (Å²) in [6, 6.07) is 14.5. The number of H-pyrrole nitrogens is 1. The van der Waals surface area contributed by atoms with Crippen LogP contribution in [0.25, 0.3) is 11.6 Å². The van der Waals surface area contributed by atoms with Crippen LogP contribution in [0, 0.1) is 12.7 Å². The van der Waals surface area contributed by atoms with Crippen molar-refractivity contribution in [2.24, 2.45) is 0 Å². The number of benzene rings is 2. The number of fused-ring (bicyclic) bond motifs is 1. The zero-order valence-electron chi connectivity index (χ0n) is 14.3. The molecule has 4 rings (SSSR count). The van der Waals surface area contributed by atoms with E-state index in [2.05, 4.69) is 15.6 Å². The van der Waals surface area contributed by atoms with Crippen LogP contribution in [0.4, 0.5) is 15.8 Å². The number of hydrogen-bond donors (Lipinski definition) is 3. The van der Waals surface area contributed by atoms with Gasteiger partial charge in [-0.25, -0.2) is 4.39 Å². The molecular formula is C21H18FN3O. The van der Waals surface area contributed by atoms with Gasteiger partial charge in [0.25, 0.3) is 5.91 Å². The first-order chi connectivity index (χ1) is 12.6. The molecule has 0 saturated heterocycles. The average molecular weight is 347 g/mol. The summed E-state index contributed by atoms with van der Waals surface area (Å²) in [5.41, 5.74) is 5.77. The average Bonchev–Trinajstić information content (AvgIpc) is 3.21. The highest BCUT2D eigenvalue weighted by atomic mass is 19.1. The van der Waals surface area contributed by atoms with Gasteiger partial charge in [0.1, 0.15) is 5.82 Å². The van der Waals surface area contributed by atoms with Crippen molar-refractivity contribution >= 4 is 28.9 Å². The van der Waals surface area contributed by atoms with E-state index >= 15 is 0 Å². The number of anilines is 2. The maximum absolute atomic E-state index is 13.5. The topological polar surface area (TPSA) is 56.9 Å². The number of rotatable bonds is 4. The molecule has 3 N–H and O–H groups in total. The Hall–Kier alpha value is -3.34. The zero-order valence-corrected chi connectivity index (χ0v) is 14.3. The Balaban J connectivity index is 1.59. The summed E-state index contributed by atoms with van der Waals surface area (Å²) in [5, 5.41) is 6.18. The van der Waals surface area contributed by atoms with Gasteiger partial charge in [-0.1, -0.05) is 6.07 Å². The molecule has 4 nitrogen and oxygen atoms in total. The summed E-state index contributed by atoms with van der Waals surface area (Å²) in [6.45, 7) is 2.38. The van der Waals surface area contributed by atoms with E-state index in [9.17, 15) is 9.18 Å². The standard InChI is InChI=1S/C21H18FN3O/c1-13-7-14(9-15(22)8-13)12-24-17-4-5-20-18(10-17)19(21(26)25-20)11-16-3-2-6-23-16/h2-11,23-24H,12H2,1H3,(H,25,26)/b19-11-. The molecule has 0 radical (unpaired) electrons. The van der Waals surface area contributed by atoms with Crippen molar-refractivity contribution in [2.75, 3.05) is 10.6 Å². The first-order valence-corrected chi connectivity index (χ1v) is 8.39. The summed E-state index contributed by atoms with van der Waals surface area (Å²) < 4.78 is 13.5. The third kappa shape index (κ3) is 3.24. The fraction of sp³-hybridized carbons (Fsp3) is 0.0952. The lowest BCUT2D eigenvalue weighted by Crippen LogP contribution is -2.03. The van der Waals surface area contributed by atoms with Gasteiger partial charge in [-0.3, -0.25) is 4.79 Å². The van der Waals surface area contributed by atoms with E-state index in [4.69, 9.17) is 0 Å². The highest BCUT2D eigenvalue weighted by Crippen LogP contribution is 2.35. The van der Waals surface area contributed by atoms with Gasteiger partial charge < -0.3 is 15.6 Å². The molecule has 0 atom stereocenters. The van der Waals surface area contributed by atoms with Gasteiger partial charge in [-0.05, 0) is 66.6 Å². The number of halogens is 1. The molecule has 1 amide bonds. The molecule has 0 saturated carbocycles. The summed E-state index contributed by atoms with van der Waals surface area (Å²) in [5.74, 6) is -0.353. The predicted molar refractivity (Wildman–Crippen MR) is 102 cm³/mol. The SMILES string of the molecule is Cc1cc(F)cc(CNc2ccc3c(c2)/C(=C/c2ccc[nH]2)C(=O)N3)c1. The first kappa shape index (κ1) is 16.1. The first-order valence-electron chi connectivity index (χ1n) is 8.39. The normalized spacial score (nSPS) is 14.4. The van der Waals surface area contributed by atoms with Crippen molar-refractivity contribution < 1.29 is 9.18 Å². The number of aromatic nitrogens is 1. The van der Waals surface area contributed by atoms with Crippen molar-refractivity contribution in [1.82, 2.24) is 4.98 Å². The number of aryl methyl sites for hydroxylation is 1. The lowest BCUT2D eigenvalue weighted by atomic mass is 10.0. The van der Waals surface area contributed by atoms with Crippen LogP contribution in [0.1, 0.15) is 22.4 Å². The van der Waals surface area contributed by atoms with E-state index in [1.807, 2.05) is 55.6 Å². The minimum Gasteiger partial charge on any atom is -0.381 e. The molecular weight excluding hydrogens is 329 g/mol. The zero-order chi connectivity index (χ0) is 18.1. The quantitative estimate of drug-likeness (QED) is 0.606. The maximum Gasteiger partial charge on any atom is 0.256 e. The Morgan fingerprint density at radius 2 is 2.04 bits per heavy atom. The maximum atomic E-state index is 13.5. The Labute approximate surface area is 150 Å². The Kier molecular flexibility index (Phi) is 4.05. The summed E-state index contributed by atoms with van der Waals surface area (Å²) in [4.78, 5) is 15.3. The van der Waals surface area contributed by atoms with Crippen LogP contribution in [0.15, 0.2) is 54.7 Å². The van der Waals surface area contributed by atoms with Crippen LogP contribution in [0.3, 0.4) is 0 Å². The molecule has 0 fully saturated rings. The van der Waals surface area contributed by atoms with E-state index in [0.717, 1.165) is 33.8 Å². The van der Waals surface area contributed by atoms with Crippen molar-refractivity contribution in [2.45, 2.75) is 13.5 Å². The third-order valence-corrected chi connectivity index (χ3v) is 4.32. The van der Waals surface area contributed by atoms with Gasteiger partial charge >= 0.3 is 0 Å². The minimum absolute atomic E-state index is 0.118. The number of nitrogens with one attached hydrogen (secondary N) is 3. The molecule has 0 spiro atoms. The van der Waals surface area contributed by atoms with E-state index in [1.165, 1.54) is 12.1 Å². The van der Waals surface area contributed by atoms with Crippen LogP contribution < -0.4 is 10.6 Å². The van der Waals surface area contributed by atoms with Crippen molar-refractivity contribution in [1.29, 1.82) is 0 Å². The van der Waals surface area contributed by atoms with Crippen molar-refractivity contribution in [3.8, 4) is 0 Å². The van der Waals surface area contributed by atoms with Crippen LogP contribution in [-0.2, 0) is 11.3 Å². The monoisotopic (exact) mass is 347 g/mol. The van der Waals surface area contributed by atoms with Gasteiger partial charge in [0.05, 0.1) is 5.57 Å². The second-order valence-electron chi connectivity index (χ2n) is 6.39. The molecule has 5 heteroatoms. The molecule has 2 aromatic carbocycles. The molecule has 26 heavy (non-hydrogen) atoms. The minimum atomic E-state index is -0.235. The largest absolute Gasteiger partial charge is 0.381 e. The third-order valence-electron chi connectivity index (χ3n) is 4.32. The van der Waals surface area contributed by atoms with Gasteiger partial charge in [0, 0.05) is 35.4 Å². The molecule has 3 aromatic rings. The van der Waals surface area contributed by atoms with Gasteiger partial charge in [-0.15, -0.1) is 0 Å². The van der Waals surface area contributed by atoms with E-state index in [1.54, 1.807) is 0 Å². The van der Waals surface area contributed by atoms with Crippen LogP contribution in [-0.4, -0.2) is 10.9 Å².